The van der Waals surface area contributed by atoms with E-state index in [0.717, 1.165) is 0 Å². The van der Waals surface area contributed by atoms with E-state index in [-0.39, 0.29) is 16.0 Å². The molecule has 0 N–H and O–H groups in total. The summed E-state index contributed by atoms with van der Waals surface area (Å²) in [5, 5.41) is 5.14. The van der Waals surface area contributed by atoms with E-state index in [4.69, 9.17) is 34.8 Å². The van der Waals surface area contributed by atoms with Crippen LogP contribution in [0, 0.1) is 6.92 Å². The van der Waals surface area contributed by atoms with Gasteiger partial charge in [0.05, 0.1) is 10.7 Å². The van der Waals surface area contributed by atoms with Gasteiger partial charge in [0.15, 0.2) is 5.65 Å². The molecule has 0 amide bonds. The SMILES string of the molecule is Cc1nc2ccc(Cl)nn2c1C(=O)c1ccc(Cl)cc1Cl. The summed E-state index contributed by atoms with van der Waals surface area (Å²) in [6.45, 7) is 1.74. The molecule has 2 aromatic heterocycles. The third-order valence-corrected chi connectivity index (χ3v) is 3.76. The summed E-state index contributed by atoms with van der Waals surface area (Å²) < 4.78 is 1.42. The fraction of sp³-hybridized carbons (Fsp3) is 0.0714. The second-order valence-electron chi connectivity index (χ2n) is 4.43. The Morgan fingerprint density at radius 2 is 1.90 bits per heavy atom. The number of aromatic nitrogens is 3. The van der Waals surface area contributed by atoms with Crippen molar-refractivity contribution in [3.8, 4) is 0 Å². The number of imidazole rings is 1. The molecule has 4 nitrogen and oxygen atoms in total. The molecule has 1 aromatic carbocycles. The maximum absolute atomic E-state index is 12.7. The highest BCUT2D eigenvalue weighted by atomic mass is 35.5. The number of hydrogen-bond donors (Lipinski definition) is 0. The number of halogens is 3. The van der Waals surface area contributed by atoms with Gasteiger partial charge in [-0.05, 0) is 37.3 Å². The maximum atomic E-state index is 12.7. The van der Waals surface area contributed by atoms with Gasteiger partial charge < -0.3 is 0 Å². The normalized spacial score (nSPS) is 11.0. The number of nitrogens with zero attached hydrogens (tertiary/aromatic N) is 3. The van der Waals surface area contributed by atoms with E-state index in [1.165, 1.54) is 10.6 Å². The summed E-state index contributed by atoms with van der Waals surface area (Å²) in [5.41, 5.74) is 1.77. The van der Waals surface area contributed by atoms with Crippen molar-refractivity contribution in [1.82, 2.24) is 14.6 Å². The maximum Gasteiger partial charge on any atom is 0.214 e. The number of fused-ring (bicyclic) bond motifs is 1. The van der Waals surface area contributed by atoms with Crippen molar-refractivity contribution >= 4 is 46.2 Å². The number of hydrogen-bond acceptors (Lipinski definition) is 3. The molecule has 0 aliphatic carbocycles. The number of rotatable bonds is 2. The van der Waals surface area contributed by atoms with E-state index in [1.54, 1.807) is 31.2 Å². The molecule has 0 fully saturated rings. The molecule has 0 saturated carbocycles. The smallest absolute Gasteiger partial charge is 0.214 e. The highest BCUT2D eigenvalue weighted by Gasteiger charge is 2.21. The second kappa shape index (κ2) is 5.30. The zero-order chi connectivity index (χ0) is 15.1. The lowest BCUT2D eigenvalue weighted by Crippen LogP contribution is -2.09. The van der Waals surface area contributed by atoms with Crippen molar-refractivity contribution in [2.24, 2.45) is 0 Å². The van der Waals surface area contributed by atoms with Gasteiger partial charge in [-0.2, -0.15) is 5.10 Å². The van der Waals surface area contributed by atoms with Crippen molar-refractivity contribution in [2.45, 2.75) is 6.92 Å². The van der Waals surface area contributed by atoms with Gasteiger partial charge in [0.2, 0.25) is 5.78 Å². The van der Waals surface area contributed by atoms with E-state index < -0.39 is 0 Å². The molecule has 0 spiro atoms. The lowest BCUT2D eigenvalue weighted by Gasteiger charge is -2.05. The van der Waals surface area contributed by atoms with Crippen LogP contribution < -0.4 is 0 Å². The predicted octanol–water partition coefficient (Wildman–Crippen LogP) is 4.23. The Kier molecular flexibility index (Phi) is 3.61. The number of benzene rings is 1. The molecule has 0 unspecified atom stereocenters. The van der Waals surface area contributed by atoms with Gasteiger partial charge in [0.1, 0.15) is 10.8 Å². The molecule has 0 atom stereocenters. The van der Waals surface area contributed by atoms with Gasteiger partial charge in [-0.15, -0.1) is 0 Å². The van der Waals surface area contributed by atoms with E-state index in [1.807, 2.05) is 0 Å². The summed E-state index contributed by atoms with van der Waals surface area (Å²) in [6, 6.07) is 8.03. The van der Waals surface area contributed by atoms with Gasteiger partial charge in [0, 0.05) is 10.6 Å². The van der Waals surface area contributed by atoms with Crippen LogP contribution in [-0.4, -0.2) is 20.4 Å². The van der Waals surface area contributed by atoms with Crippen LogP contribution >= 0.6 is 34.8 Å². The minimum atomic E-state index is -0.281. The van der Waals surface area contributed by atoms with E-state index in [2.05, 4.69) is 10.1 Å². The van der Waals surface area contributed by atoms with E-state index >= 15 is 0 Å². The van der Waals surface area contributed by atoms with Crippen LogP contribution in [0.2, 0.25) is 15.2 Å². The van der Waals surface area contributed by atoms with E-state index in [9.17, 15) is 4.79 Å². The van der Waals surface area contributed by atoms with Crippen LogP contribution in [-0.2, 0) is 0 Å². The molecule has 0 radical (unpaired) electrons. The second-order valence-corrected chi connectivity index (χ2v) is 5.66. The van der Waals surface area contributed by atoms with Gasteiger partial charge in [0.25, 0.3) is 0 Å². The Bertz CT molecular complexity index is 873. The van der Waals surface area contributed by atoms with Gasteiger partial charge >= 0.3 is 0 Å². The monoisotopic (exact) mass is 339 g/mol. The summed E-state index contributed by atoms with van der Waals surface area (Å²) in [5.74, 6) is -0.281. The summed E-state index contributed by atoms with van der Waals surface area (Å²) >= 11 is 17.8. The Morgan fingerprint density at radius 3 is 2.62 bits per heavy atom. The Hall–Kier alpha value is -1.62. The number of carbonyl (C=O) groups excluding carboxylic acids is 1. The molecule has 3 rings (SSSR count). The van der Waals surface area contributed by atoms with Crippen molar-refractivity contribution < 1.29 is 4.79 Å². The van der Waals surface area contributed by atoms with Crippen LogP contribution in [0.1, 0.15) is 21.7 Å². The van der Waals surface area contributed by atoms with Crippen LogP contribution in [0.3, 0.4) is 0 Å². The average Bonchev–Trinajstić information content (AvgIpc) is 2.73. The lowest BCUT2D eigenvalue weighted by molar-refractivity contribution is 0.103. The average molecular weight is 341 g/mol. The minimum absolute atomic E-state index is 0.274. The highest BCUT2D eigenvalue weighted by Crippen LogP contribution is 2.25. The highest BCUT2D eigenvalue weighted by molar-refractivity contribution is 6.37. The molecule has 3 aromatic rings. The number of ketones is 1. The molecule has 0 saturated heterocycles. The molecule has 0 aliphatic rings. The standard InChI is InChI=1S/C14H8Cl3N3O/c1-7-13(20-12(18-7)5-4-11(17)19-20)14(21)9-3-2-8(15)6-10(9)16/h2-6H,1H3. The Morgan fingerprint density at radius 1 is 1.14 bits per heavy atom. The largest absolute Gasteiger partial charge is 0.287 e. The third kappa shape index (κ3) is 2.50. The molecule has 0 aliphatic heterocycles. The first kappa shape index (κ1) is 14.3. The lowest BCUT2D eigenvalue weighted by atomic mass is 10.1. The van der Waals surface area contributed by atoms with E-state index in [0.29, 0.717) is 27.6 Å². The van der Waals surface area contributed by atoms with Gasteiger partial charge in [-0.1, -0.05) is 34.8 Å². The molecule has 21 heavy (non-hydrogen) atoms. The fourth-order valence-electron chi connectivity index (χ4n) is 2.08. The zero-order valence-corrected chi connectivity index (χ0v) is 13.0. The number of carbonyl (C=O) groups is 1. The summed E-state index contributed by atoms with van der Waals surface area (Å²) in [6.07, 6.45) is 0. The van der Waals surface area contributed by atoms with Crippen LogP contribution in [0.25, 0.3) is 5.65 Å². The van der Waals surface area contributed by atoms with Crippen molar-refractivity contribution in [2.75, 3.05) is 0 Å². The van der Waals surface area contributed by atoms with Crippen LogP contribution in [0.4, 0.5) is 0 Å². The Labute approximate surface area is 135 Å². The minimum Gasteiger partial charge on any atom is -0.287 e. The third-order valence-electron chi connectivity index (χ3n) is 3.01. The molecular formula is C14H8Cl3N3O. The first-order valence-corrected chi connectivity index (χ1v) is 7.12. The van der Waals surface area contributed by atoms with Gasteiger partial charge in [-0.25, -0.2) is 9.50 Å². The van der Waals surface area contributed by atoms with Crippen molar-refractivity contribution in [1.29, 1.82) is 0 Å². The van der Waals surface area contributed by atoms with Crippen molar-refractivity contribution in [3.63, 3.8) is 0 Å². The summed E-state index contributed by atoms with van der Waals surface area (Å²) in [4.78, 5) is 17.0. The van der Waals surface area contributed by atoms with Crippen LogP contribution in [0.5, 0.6) is 0 Å². The molecule has 106 valence electrons. The van der Waals surface area contributed by atoms with Crippen molar-refractivity contribution in [3.05, 3.63) is 62.5 Å². The quantitative estimate of drug-likeness (QED) is 0.656. The molecule has 0 bridgehead atoms. The first-order valence-electron chi connectivity index (χ1n) is 5.99. The fourth-order valence-corrected chi connectivity index (χ4v) is 2.72. The van der Waals surface area contributed by atoms with Gasteiger partial charge in [-0.3, -0.25) is 4.79 Å². The molecular weight excluding hydrogens is 333 g/mol. The topological polar surface area (TPSA) is 47.3 Å². The summed E-state index contributed by atoms with van der Waals surface area (Å²) in [7, 11) is 0. The Balaban J connectivity index is 2.22. The molecule has 7 heteroatoms. The predicted molar refractivity (Wildman–Crippen MR) is 82.6 cm³/mol. The first-order chi connectivity index (χ1) is 9.97. The number of aryl methyl sites for hydroxylation is 1. The van der Waals surface area contributed by atoms with Crippen LogP contribution in [0.15, 0.2) is 30.3 Å². The zero-order valence-electron chi connectivity index (χ0n) is 10.8. The molecule has 2 heterocycles.